The average molecular weight is 279 g/mol. The Hall–Kier alpha value is -0.380. The van der Waals surface area contributed by atoms with Gasteiger partial charge >= 0.3 is 0 Å². The standard InChI is InChI=1S/C16H25NOS/c17-14(10-12-6-8-18-9-7-12)16-11-13-4-2-1-3-5-15(13)19-16/h11-12,14H,1-10,17H2. The first kappa shape index (κ1) is 13.6. The van der Waals surface area contributed by atoms with Crippen molar-refractivity contribution in [2.24, 2.45) is 11.7 Å². The Balaban J connectivity index is 1.64. The molecule has 2 N–H and O–H groups in total. The fraction of sp³-hybridized carbons (Fsp3) is 0.750. The quantitative estimate of drug-likeness (QED) is 0.853. The van der Waals surface area contributed by atoms with Crippen LogP contribution in [0.25, 0.3) is 0 Å². The van der Waals surface area contributed by atoms with Gasteiger partial charge in [-0.05, 0) is 62.5 Å². The van der Waals surface area contributed by atoms with Gasteiger partial charge in [0.15, 0.2) is 0 Å². The molecule has 0 amide bonds. The predicted octanol–water partition coefficient (Wildman–Crippen LogP) is 3.83. The number of rotatable bonds is 3. The summed E-state index contributed by atoms with van der Waals surface area (Å²) in [7, 11) is 0. The van der Waals surface area contributed by atoms with E-state index in [-0.39, 0.29) is 6.04 Å². The zero-order valence-corrected chi connectivity index (χ0v) is 12.5. The van der Waals surface area contributed by atoms with Crippen LogP contribution in [0.2, 0.25) is 0 Å². The summed E-state index contributed by atoms with van der Waals surface area (Å²) in [6, 6.07) is 2.66. The van der Waals surface area contributed by atoms with E-state index in [9.17, 15) is 0 Å². The van der Waals surface area contributed by atoms with Crippen LogP contribution in [0, 0.1) is 5.92 Å². The van der Waals surface area contributed by atoms with Crippen LogP contribution in [0.3, 0.4) is 0 Å². The summed E-state index contributed by atoms with van der Waals surface area (Å²) >= 11 is 1.99. The third-order valence-corrected chi connectivity index (χ3v) is 5.93. The lowest BCUT2D eigenvalue weighted by Crippen LogP contribution is -2.21. The van der Waals surface area contributed by atoms with Gasteiger partial charge in [-0.3, -0.25) is 0 Å². The van der Waals surface area contributed by atoms with E-state index in [2.05, 4.69) is 6.07 Å². The first-order valence-electron chi connectivity index (χ1n) is 7.78. The molecule has 3 heteroatoms. The lowest BCUT2D eigenvalue weighted by Gasteiger charge is -2.24. The maximum Gasteiger partial charge on any atom is 0.0468 e. The van der Waals surface area contributed by atoms with Crippen LogP contribution in [-0.4, -0.2) is 13.2 Å². The van der Waals surface area contributed by atoms with Gasteiger partial charge in [0.25, 0.3) is 0 Å². The van der Waals surface area contributed by atoms with Crippen molar-refractivity contribution in [3.63, 3.8) is 0 Å². The van der Waals surface area contributed by atoms with Crippen molar-refractivity contribution in [3.05, 3.63) is 21.4 Å². The molecule has 1 saturated heterocycles. The molecule has 1 aromatic rings. The highest BCUT2D eigenvalue weighted by molar-refractivity contribution is 7.12. The maximum atomic E-state index is 6.45. The Labute approximate surface area is 120 Å². The van der Waals surface area contributed by atoms with Crippen LogP contribution in [0.15, 0.2) is 6.07 Å². The van der Waals surface area contributed by atoms with Gasteiger partial charge in [0.05, 0.1) is 0 Å². The van der Waals surface area contributed by atoms with E-state index in [4.69, 9.17) is 10.5 Å². The van der Waals surface area contributed by atoms with Crippen molar-refractivity contribution in [1.82, 2.24) is 0 Å². The molecule has 19 heavy (non-hydrogen) atoms. The molecule has 106 valence electrons. The molecule has 1 fully saturated rings. The smallest absolute Gasteiger partial charge is 0.0468 e. The lowest BCUT2D eigenvalue weighted by atomic mass is 9.92. The molecule has 2 heterocycles. The lowest BCUT2D eigenvalue weighted by molar-refractivity contribution is 0.0619. The van der Waals surface area contributed by atoms with Gasteiger partial charge in [-0.1, -0.05) is 6.42 Å². The second kappa shape index (κ2) is 6.38. The maximum absolute atomic E-state index is 6.45. The third-order valence-electron chi connectivity index (χ3n) is 4.56. The third kappa shape index (κ3) is 3.39. The predicted molar refractivity (Wildman–Crippen MR) is 80.7 cm³/mol. The highest BCUT2D eigenvalue weighted by Gasteiger charge is 2.21. The molecule has 0 saturated carbocycles. The Morgan fingerprint density at radius 3 is 2.84 bits per heavy atom. The molecule has 0 radical (unpaired) electrons. The Morgan fingerprint density at radius 1 is 1.21 bits per heavy atom. The van der Waals surface area contributed by atoms with Gasteiger partial charge in [-0.15, -0.1) is 11.3 Å². The second-order valence-electron chi connectivity index (χ2n) is 6.06. The largest absolute Gasteiger partial charge is 0.381 e. The van der Waals surface area contributed by atoms with Crippen LogP contribution in [0.5, 0.6) is 0 Å². The number of ether oxygens (including phenoxy) is 1. The number of aryl methyl sites for hydroxylation is 2. The topological polar surface area (TPSA) is 35.2 Å². The van der Waals surface area contributed by atoms with Crippen molar-refractivity contribution in [2.75, 3.05) is 13.2 Å². The summed E-state index contributed by atoms with van der Waals surface area (Å²) in [6.07, 6.45) is 10.2. The normalized spacial score (nSPS) is 22.8. The van der Waals surface area contributed by atoms with Crippen molar-refractivity contribution in [2.45, 2.75) is 57.4 Å². The number of hydrogen-bond donors (Lipinski definition) is 1. The molecule has 0 aromatic carbocycles. The van der Waals surface area contributed by atoms with Crippen LogP contribution >= 0.6 is 11.3 Å². The monoisotopic (exact) mass is 279 g/mol. The van der Waals surface area contributed by atoms with E-state index in [1.54, 1.807) is 10.4 Å². The van der Waals surface area contributed by atoms with Gasteiger partial charge in [-0.25, -0.2) is 0 Å². The highest BCUT2D eigenvalue weighted by atomic mass is 32.1. The van der Waals surface area contributed by atoms with Crippen LogP contribution < -0.4 is 5.73 Å². The molecule has 3 rings (SSSR count). The number of hydrogen-bond acceptors (Lipinski definition) is 3. The van der Waals surface area contributed by atoms with E-state index in [0.717, 1.165) is 25.6 Å². The van der Waals surface area contributed by atoms with Crippen LogP contribution in [-0.2, 0) is 17.6 Å². The SMILES string of the molecule is NC(CC1CCOCC1)c1cc2c(s1)CCCCC2. The van der Waals surface area contributed by atoms with Gasteiger partial charge in [0.2, 0.25) is 0 Å². The Kier molecular flexibility index (Phi) is 4.57. The molecule has 1 aliphatic carbocycles. The molecule has 0 bridgehead atoms. The molecule has 1 unspecified atom stereocenters. The van der Waals surface area contributed by atoms with Gasteiger partial charge in [0, 0.05) is 29.0 Å². The molecular formula is C16H25NOS. The zero-order valence-electron chi connectivity index (χ0n) is 11.7. The van der Waals surface area contributed by atoms with Crippen molar-refractivity contribution >= 4 is 11.3 Å². The van der Waals surface area contributed by atoms with Crippen molar-refractivity contribution in [1.29, 1.82) is 0 Å². The highest BCUT2D eigenvalue weighted by Crippen LogP contribution is 2.34. The van der Waals surface area contributed by atoms with E-state index in [1.807, 2.05) is 11.3 Å². The van der Waals surface area contributed by atoms with E-state index in [1.165, 1.54) is 49.8 Å². The molecule has 2 nitrogen and oxygen atoms in total. The summed E-state index contributed by atoms with van der Waals surface area (Å²) < 4.78 is 5.43. The number of thiophene rings is 1. The average Bonchev–Trinajstić information content (AvgIpc) is 2.72. The Bertz CT molecular complexity index is 385. The number of nitrogens with two attached hydrogens (primary N) is 1. The fourth-order valence-corrected chi connectivity index (χ4v) is 4.60. The summed E-state index contributed by atoms with van der Waals surface area (Å²) in [5, 5.41) is 0. The first-order valence-corrected chi connectivity index (χ1v) is 8.59. The summed E-state index contributed by atoms with van der Waals surface area (Å²) in [5.41, 5.74) is 8.04. The molecule has 1 atom stereocenters. The van der Waals surface area contributed by atoms with Crippen LogP contribution in [0.4, 0.5) is 0 Å². The molecule has 2 aliphatic rings. The summed E-state index contributed by atoms with van der Waals surface area (Å²) in [4.78, 5) is 3.05. The van der Waals surface area contributed by atoms with Crippen molar-refractivity contribution in [3.8, 4) is 0 Å². The van der Waals surface area contributed by atoms with Crippen molar-refractivity contribution < 1.29 is 4.74 Å². The minimum Gasteiger partial charge on any atom is -0.381 e. The van der Waals surface area contributed by atoms with E-state index in [0.29, 0.717) is 0 Å². The van der Waals surface area contributed by atoms with Gasteiger partial charge < -0.3 is 10.5 Å². The second-order valence-corrected chi connectivity index (χ2v) is 7.22. The summed E-state index contributed by atoms with van der Waals surface area (Å²) in [6.45, 7) is 1.86. The molecule has 1 aliphatic heterocycles. The minimum absolute atomic E-state index is 0.250. The zero-order chi connectivity index (χ0) is 13.1. The number of fused-ring (bicyclic) bond motifs is 1. The van der Waals surface area contributed by atoms with Gasteiger partial charge in [-0.2, -0.15) is 0 Å². The van der Waals surface area contributed by atoms with E-state index >= 15 is 0 Å². The van der Waals surface area contributed by atoms with E-state index < -0.39 is 0 Å². The van der Waals surface area contributed by atoms with Gasteiger partial charge in [0.1, 0.15) is 0 Å². The fourth-order valence-electron chi connectivity index (χ4n) is 3.33. The Morgan fingerprint density at radius 2 is 2.00 bits per heavy atom. The first-order chi connectivity index (χ1) is 9.33. The molecular weight excluding hydrogens is 254 g/mol. The minimum atomic E-state index is 0.250. The summed E-state index contributed by atoms with van der Waals surface area (Å²) in [5.74, 6) is 0.769. The molecule has 0 spiro atoms. The van der Waals surface area contributed by atoms with Crippen LogP contribution in [0.1, 0.15) is 59.9 Å². The molecule has 1 aromatic heterocycles.